The van der Waals surface area contributed by atoms with Gasteiger partial charge in [0.25, 0.3) is 11.8 Å². The zero-order chi connectivity index (χ0) is 12.8. The Morgan fingerprint density at radius 1 is 0.789 bits per heavy atom. The van der Waals surface area contributed by atoms with Crippen LogP contribution >= 0.6 is 12.4 Å². The predicted molar refractivity (Wildman–Crippen MR) is 72.9 cm³/mol. The summed E-state index contributed by atoms with van der Waals surface area (Å²) in [5, 5.41) is 0. The predicted octanol–water partition coefficient (Wildman–Crippen LogP) is 1.58. The van der Waals surface area contributed by atoms with Crippen molar-refractivity contribution in [2.75, 3.05) is 0 Å². The molecule has 1 heterocycles. The highest BCUT2D eigenvalue weighted by molar-refractivity contribution is 5.98. The molecule has 0 aliphatic rings. The van der Waals surface area contributed by atoms with E-state index in [1.165, 1.54) is 12.4 Å². The van der Waals surface area contributed by atoms with Crippen molar-refractivity contribution in [2.45, 2.75) is 0 Å². The number of pyridine rings is 1. The Morgan fingerprint density at radius 2 is 1.26 bits per heavy atom. The standard InChI is InChI=1S/C13H11N3O2.ClH/c17-12(10-4-2-1-3-5-10)15-16-13(18)11-6-8-14-9-7-11;/h1-9H,(H,15,17)(H,16,18);1H. The highest BCUT2D eigenvalue weighted by atomic mass is 35.5. The lowest BCUT2D eigenvalue weighted by molar-refractivity contribution is 0.0846. The monoisotopic (exact) mass is 277 g/mol. The molecular weight excluding hydrogens is 266 g/mol. The van der Waals surface area contributed by atoms with Crippen LogP contribution in [0.5, 0.6) is 0 Å². The molecule has 19 heavy (non-hydrogen) atoms. The minimum Gasteiger partial charge on any atom is -0.267 e. The fourth-order valence-corrected chi connectivity index (χ4v) is 1.35. The third-order valence-corrected chi connectivity index (χ3v) is 2.27. The number of aromatic nitrogens is 1. The first-order valence-corrected chi connectivity index (χ1v) is 5.33. The molecule has 0 atom stereocenters. The first-order chi connectivity index (χ1) is 8.77. The lowest BCUT2D eigenvalue weighted by Gasteiger charge is -2.06. The molecule has 2 amide bonds. The number of benzene rings is 1. The molecule has 0 spiro atoms. The summed E-state index contributed by atoms with van der Waals surface area (Å²) < 4.78 is 0. The summed E-state index contributed by atoms with van der Waals surface area (Å²) in [6.45, 7) is 0. The summed E-state index contributed by atoms with van der Waals surface area (Å²) in [4.78, 5) is 27.1. The molecule has 1 aromatic carbocycles. The lowest BCUT2D eigenvalue weighted by Crippen LogP contribution is -2.41. The molecule has 2 aromatic rings. The van der Waals surface area contributed by atoms with Gasteiger partial charge in [-0.15, -0.1) is 12.4 Å². The molecule has 0 bridgehead atoms. The summed E-state index contributed by atoms with van der Waals surface area (Å²) in [6.07, 6.45) is 3.02. The van der Waals surface area contributed by atoms with Gasteiger partial charge in [-0.25, -0.2) is 0 Å². The van der Waals surface area contributed by atoms with Gasteiger partial charge in [-0.1, -0.05) is 18.2 Å². The van der Waals surface area contributed by atoms with Gasteiger partial charge in [-0.2, -0.15) is 0 Å². The Kier molecular flexibility index (Phi) is 5.50. The highest BCUT2D eigenvalue weighted by Crippen LogP contribution is 1.98. The quantitative estimate of drug-likeness (QED) is 0.819. The zero-order valence-electron chi connectivity index (χ0n) is 9.87. The van der Waals surface area contributed by atoms with Gasteiger partial charge in [0.05, 0.1) is 0 Å². The van der Waals surface area contributed by atoms with Gasteiger partial charge in [0, 0.05) is 23.5 Å². The van der Waals surface area contributed by atoms with Gasteiger partial charge < -0.3 is 0 Å². The summed E-state index contributed by atoms with van der Waals surface area (Å²) in [7, 11) is 0. The third-order valence-electron chi connectivity index (χ3n) is 2.27. The number of halogens is 1. The molecule has 2 rings (SSSR count). The fraction of sp³-hybridized carbons (Fsp3) is 0. The van der Waals surface area contributed by atoms with Crippen molar-refractivity contribution in [3.05, 3.63) is 66.0 Å². The van der Waals surface area contributed by atoms with Crippen molar-refractivity contribution in [3.8, 4) is 0 Å². The number of carbonyl (C=O) groups excluding carboxylic acids is 2. The maximum atomic E-state index is 11.6. The SMILES string of the molecule is Cl.O=C(NNC(=O)c1ccncc1)c1ccccc1. The number of amides is 2. The molecule has 98 valence electrons. The topological polar surface area (TPSA) is 71.1 Å². The number of carbonyl (C=O) groups is 2. The lowest BCUT2D eigenvalue weighted by atomic mass is 10.2. The maximum absolute atomic E-state index is 11.6. The molecular formula is C13H12ClN3O2. The van der Waals surface area contributed by atoms with Gasteiger partial charge >= 0.3 is 0 Å². The van der Waals surface area contributed by atoms with E-state index < -0.39 is 0 Å². The van der Waals surface area contributed by atoms with E-state index in [1.54, 1.807) is 36.4 Å². The van der Waals surface area contributed by atoms with Crippen molar-refractivity contribution in [3.63, 3.8) is 0 Å². The van der Waals surface area contributed by atoms with E-state index >= 15 is 0 Å². The van der Waals surface area contributed by atoms with Crippen LogP contribution in [0.1, 0.15) is 20.7 Å². The molecule has 0 unspecified atom stereocenters. The molecule has 2 N–H and O–H groups in total. The van der Waals surface area contributed by atoms with E-state index in [2.05, 4.69) is 15.8 Å². The van der Waals surface area contributed by atoms with E-state index in [9.17, 15) is 9.59 Å². The molecule has 0 aliphatic carbocycles. The zero-order valence-corrected chi connectivity index (χ0v) is 10.7. The van der Waals surface area contributed by atoms with Crippen LogP contribution in [0.15, 0.2) is 54.9 Å². The maximum Gasteiger partial charge on any atom is 0.269 e. The summed E-state index contributed by atoms with van der Waals surface area (Å²) in [5.74, 6) is -0.750. The third kappa shape index (κ3) is 4.08. The van der Waals surface area contributed by atoms with Crippen molar-refractivity contribution >= 4 is 24.2 Å². The van der Waals surface area contributed by atoms with Gasteiger partial charge in [-0.05, 0) is 24.3 Å². The van der Waals surface area contributed by atoms with Gasteiger partial charge in [-0.3, -0.25) is 25.4 Å². The van der Waals surface area contributed by atoms with E-state index in [1.807, 2.05) is 6.07 Å². The van der Waals surface area contributed by atoms with Crippen molar-refractivity contribution in [1.82, 2.24) is 15.8 Å². The Balaban J connectivity index is 0.00000180. The van der Waals surface area contributed by atoms with Crippen LogP contribution in [0.3, 0.4) is 0 Å². The van der Waals surface area contributed by atoms with Crippen molar-refractivity contribution in [1.29, 1.82) is 0 Å². The second-order valence-corrected chi connectivity index (χ2v) is 3.51. The van der Waals surface area contributed by atoms with Crippen LogP contribution in [0, 0.1) is 0 Å². The van der Waals surface area contributed by atoms with Gasteiger partial charge in [0.2, 0.25) is 0 Å². The number of hydrogen-bond acceptors (Lipinski definition) is 3. The second-order valence-electron chi connectivity index (χ2n) is 3.51. The molecule has 5 nitrogen and oxygen atoms in total. The molecule has 6 heteroatoms. The van der Waals surface area contributed by atoms with Crippen LogP contribution in [-0.2, 0) is 0 Å². The summed E-state index contributed by atoms with van der Waals surface area (Å²) in [6, 6.07) is 11.8. The largest absolute Gasteiger partial charge is 0.269 e. The second kappa shape index (κ2) is 7.13. The molecule has 1 aromatic heterocycles. The minimum atomic E-state index is -0.387. The van der Waals surface area contributed by atoms with E-state index in [4.69, 9.17) is 0 Å². The van der Waals surface area contributed by atoms with Gasteiger partial charge in [0.1, 0.15) is 0 Å². The molecule has 0 aliphatic heterocycles. The van der Waals surface area contributed by atoms with Crippen LogP contribution < -0.4 is 10.9 Å². The van der Waals surface area contributed by atoms with Crippen LogP contribution in [-0.4, -0.2) is 16.8 Å². The van der Waals surface area contributed by atoms with Crippen LogP contribution in [0.2, 0.25) is 0 Å². The molecule has 0 fully saturated rings. The minimum absolute atomic E-state index is 0. The summed E-state index contributed by atoms with van der Waals surface area (Å²) in [5.41, 5.74) is 5.58. The summed E-state index contributed by atoms with van der Waals surface area (Å²) >= 11 is 0. The smallest absolute Gasteiger partial charge is 0.267 e. The number of nitrogens with one attached hydrogen (secondary N) is 2. The Labute approximate surface area is 116 Å². The van der Waals surface area contributed by atoms with Crippen molar-refractivity contribution in [2.24, 2.45) is 0 Å². The molecule has 0 saturated carbocycles. The Morgan fingerprint density at radius 3 is 1.79 bits per heavy atom. The van der Waals surface area contributed by atoms with E-state index in [0.717, 1.165) is 0 Å². The number of hydrogen-bond donors (Lipinski definition) is 2. The highest BCUT2D eigenvalue weighted by Gasteiger charge is 2.07. The van der Waals surface area contributed by atoms with Crippen molar-refractivity contribution < 1.29 is 9.59 Å². The molecule has 0 radical (unpaired) electrons. The number of rotatable bonds is 2. The Hall–Kier alpha value is -2.40. The average Bonchev–Trinajstić information content (AvgIpc) is 2.46. The molecule has 0 saturated heterocycles. The van der Waals surface area contributed by atoms with E-state index in [-0.39, 0.29) is 24.2 Å². The average molecular weight is 278 g/mol. The Bertz CT molecular complexity index is 495. The van der Waals surface area contributed by atoms with Crippen LogP contribution in [0.25, 0.3) is 0 Å². The van der Waals surface area contributed by atoms with E-state index in [0.29, 0.717) is 11.1 Å². The number of nitrogens with zero attached hydrogens (tertiary/aromatic N) is 1. The first kappa shape index (κ1) is 14.7. The first-order valence-electron chi connectivity index (χ1n) is 5.33. The fourth-order valence-electron chi connectivity index (χ4n) is 1.35. The number of hydrazine groups is 1. The van der Waals surface area contributed by atoms with Gasteiger partial charge in [0.15, 0.2) is 0 Å². The van der Waals surface area contributed by atoms with Crippen LogP contribution in [0.4, 0.5) is 0 Å². The normalized spacial score (nSPS) is 9.05.